The third kappa shape index (κ3) is 4.58. The number of aromatic nitrogens is 1. The molecule has 0 amide bonds. The van der Waals surface area contributed by atoms with Gasteiger partial charge in [0.05, 0.1) is 20.1 Å². The third-order valence-electron chi connectivity index (χ3n) is 6.23. The number of nitrogens with zero attached hydrogens (tertiary/aromatic N) is 1. The first-order valence-electron chi connectivity index (χ1n) is 11.1. The summed E-state index contributed by atoms with van der Waals surface area (Å²) in [4.78, 5) is 15.7. The van der Waals surface area contributed by atoms with Crippen LogP contribution in [0, 0.1) is 0 Å². The fourth-order valence-corrected chi connectivity index (χ4v) is 4.58. The zero-order valence-electron chi connectivity index (χ0n) is 18.1. The van der Waals surface area contributed by atoms with E-state index in [4.69, 9.17) is 4.74 Å². The van der Waals surface area contributed by atoms with Crippen LogP contribution in [-0.2, 0) is 29.0 Å². The van der Waals surface area contributed by atoms with Gasteiger partial charge >= 0.3 is 5.97 Å². The Morgan fingerprint density at radius 1 is 1.00 bits per heavy atom. The number of carbonyl (C=O) groups excluding carboxylic acids is 1. The maximum Gasteiger partial charge on any atom is 0.311 e. The number of hydrogen-bond donors (Lipinski definition) is 2. The van der Waals surface area contributed by atoms with E-state index in [0.29, 0.717) is 13.0 Å². The molecular formula is C25H33N3O2+2. The van der Waals surface area contributed by atoms with Gasteiger partial charge in [-0.25, -0.2) is 0 Å². The summed E-state index contributed by atoms with van der Waals surface area (Å²) >= 11 is 0. The zero-order valence-corrected chi connectivity index (χ0v) is 18.1. The molecule has 0 atom stereocenters. The molecule has 2 aromatic carbocycles. The normalized spacial score (nSPS) is 19.1. The Kier molecular flexibility index (Phi) is 6.50. The number of fused-ring (bicyclic) bond motifs is 1. The molecule has 4 rings (SSSR count). The molecular weight excluding hydrogens is 374 g/mol. The number of ether oxygens (including phenoxy) is 1. The Morgan fingerprint density at radius 2 is 1.70 bits per heavy atom. The van der Waals surface area contributed by atoms with Crippen molar-refractivity contribution in [3.05, 3.63) is 71.4 Å². The number of benzene rings is 2. The monoisotopic (exact) mass is 407 g/mol. The van der Waals surface area contributed by atoms with Gasteiger partial charge in [-0.1, -0.05) is 48.5 Å². The number of nitrogens with one attached hydrogen (secondary N) is 2. The highest BCUT2D eigenvalue weighted by Crippen LogP contribution is 2.28. The van der Waals surface area contributed by atoms with Crippen LogP contribution in [0.1, 0.15) is 23.7 Å². The van der Waals surface area contributed by atoms with Crippen LogP contribution in [-0.4, -0.2) is 50.4 Å². The highest BCUT2D eigenvalue weighted by atomic mass is 16.5. The van der Waals surface area contributed by atoms with Gasteiger partial charge in [-0.15, -0.1) is 0 Å². The van der Waals surface area contributed by atoms with E-state index in [0.717, 1.165) is 18.8 Å². The summed E-state index contributed by atoms with van der Waals surface area (Å²) in [5.74, 6) is -0.145. The first-order valence-corrected chi connectivity index (χ1v) is 11.1. The Hall–Kier alpha value is -2.63. The van der Waals surface area contributed by atoms with E-state index >= 15 is 0 Å². The summed E-state index contributed by atoms with van der Waals surface area (Å²) in [5, 5.41) is 1.27. The fourth-order valence-electron chi connectivity index (χ4n) is 4.58. The van der Waals surface area contributed by atoms with Gasteiger partial charge in [-0.05, 0) is 18.6 Å². The van der Waals surface area contributed by atoms with Gasteiger partial charge in [0, 0.05) is 28.7 Å². The summed E-state index contributed by atoms with van der Waals surface area (Å²) in [6.07, 6.45) is 0.323. The molecule has 158 valence electrons. The van der Waals surface area contributed by atoms with E-state index < -0.39 is 0 Å². The third-order valence-corrected chi connectivity index (χ3v) is 6.23. The summed E-state index contributed by atoms with van der Waals surface area (Å²) in [6, 6.07) is 19.1. The second kappa shape index (κ2) is 9.45. The van der Waals surface area contributed by atoms with Crippen molar-refractivity contribution in [2.24, 2.45) is 0 Å². The predicted octanol–water partition coefficient (Wildman–Crippen LogP) is 0.708. The minimum Gasteiger partial charge on any atom is -0.466 e. The van der Waals surface area contributed by atoms with Gasteiger partial charge < -0.3 is 19.1 Å². The minimum absolute atomic E-state index is 0.145. The molecule has 1 saturated heterocycles. The van der Waals surface area contributed by atoms with Crippen LogP contribution in [0.25, 0.3) is 10.9 Å². The molecule has 2 N–H and O–H groups in total. The fraction of sp³-hybridized carbons (Fsp3) is 0.400. The number of para-hydroxylation sites is 1. The molecule has 0 unspecified atom stereocenters. The number of carbonyl (C=O) groups is 1. The molecule has 0 aliphatic carbocycles. The lowest BCUT2D eigenvalue weighted by Crippen LogP contribution is -3.26. The lowest BCUT2D eigenvalue weighted by atomic mass is 10.1. The van der Waals surface area contributed by atoms with E-state index in [2.05, 4.69) is 60.1 Å². The summed E-state index contributed by atoms with van der Waals surface area (Å²) in [6.45, 7) is 8.75. The van der Waals surface area contributed by atoms with E-state index in [1.807, 2.05) is 13.0 Å². The number of hydrogen-bond acceptors (Lipinski definition) is 2. The zero-order chi connectivity index (χ0) is 20.9. The predicted molar refractivity (Wildman–Crippen MR) is 119 cm³/mol. The van der Waals surface area contributed by atoms with E-state index in [1.54, 1.807) is 9.80 Å². The SMILES string of the molecule is CCOC(=O)Cc1c(C[NH+]2CC[NH+](C)CC2)c2ccccc2n1Cc1ccccc1. The van der Waals surface area contributed by atoms with Gasteiger partial charge in [0.1, 0.15) is 32.7 Å². The van der Waals surface area contributed by atoms with Crippen LogP contribution in [0.2, 0.25) is 0 Å². The first-order chi connectivity index (χ1) is 14.7. The molecule has 0 spiro atoms. The Balaban J connectivity index is 1.76. The first kappa shape index (κ1) is 20.6. The van der Waals surface area contributed by atoms with Crippen molar-refractivity contribution < 1.29 is 19.3 Å². The topological polar surface area (TPSA) is 40.1 Å². The quantitative estimate of drug-likeness (QED) is 0.567. The summed E-state index contributed by atoms with van der Waals surface area (Å²) in [5.41, 5.74) is 4.86. The summed E-state index contributed by atoms with van der Waals surface area (Å²) < 4.78 is 7.67. The second-order valence-electron chi connectivity index (χ2n) is 8.38. The van der Waals surface area contributed by atoms with Gasteiger partial charge in [0.15, 0.2) is 0 Å². The van der Waals surface area contributed by atoms with Crippen molar-refractivity contribution in [1.82, 2.24) is 4.57 Å². The van der Waals surface area contributed by atoms with Crippen molar-refractivity contribution in [3.63, 3.8) is 0 Å². The molecule has 0 radical (unpaired) electrons. The van der Waals surface area contributed by atoms with Gasteiger partial charge in [-0.3, -0.25) is 4.79 Å². The Labute approximate surface area is 178 Å². The summed E-state index contributed by atoms with van der Waals surface area (Å²) in [7, 11) is 2.27. The van der Waals surface area contributed by atoms with E-state index in [9.17, 15) is 4.79 Å². The van der Waals surface area contributed by atoms with Crippen molar-refractivity contribution in [1.29, 1.82) is 0 Å². The van der Waals surface area contributed by atoms with Crippen LogP contribution in [0.3, 0.4) is 0 Å². The Bertz CT molecular complexity index is 988. The van der Waals surface area contributed by atoms with Crippen LogP contribution in [0.4, 0.5) is 0 Å². The largest absolute Gasteiger partial charge is 0.466 e. The van der Waals surface area contributed by atoms with Crippen molar-refractivity contribution >= 4 is 16.9 Å². The lowest BCUT2D eigenvalue weighted by Gasteiger charge is -2.27. The minimum atomic E-state index is -0.145. The van der Waals surface area contributed by atoms with Crippen molar-refractivity contribution in [2.45, 2.75) is 26.4 Å². The highest BCUT2D eigenvalue weighted by Gasteiger charge is 2.26. The molecule has 5 nitrogen and oxygen atoms in total. The van der Waals surface area contributed by atoms with Crippen LogP contribution >= 0.6 is 0 Å². The molecule has 2 heterocycles. The molecule has 0 saturated carbocycles. The lowest BCUT2D eigenvalue weighted by molar-refractivity contribution is -1.01. The van der Waals surface area contributed by atoms with Crippen LogP contribution < -0.4 is 9.80 Å². The van der Waals surface area contributed by atoms with Crippen molar-refractivity contribution in [3.8, 4) is 0 Å². The van der Waals surface area contributed by atoms with Crippen molar-refractivity contribution in [2.75, 3.05) is 39.8 Å². The molecule has 1 aliphatic heterocycles. The molecule has 0 bridgehead atoms. The van der Waals surface area contributed by atoms with E-state index in [1.165, 1.54) is 48.2 Å². The number of quaternary nitrogens is 2. The standard InChI is InChI=1S/C25H31N3O2/c1-3-30-25(29)17-24-22(19-27-15-13-26(2)14-16-27)21-11-7-8-12-23(21)28(24)18-20-9-5-4-6-10-20/h4-12H,3,13-19H2,1-2H3/p+2. The number of piperazine rings is 1. The second-order valence-corrected chi connectivity index (χ2v) is 8.38. The smallest absolute Gasteiger partial charge is 0.311 e. The average Bonchev–Trinajstić information content (AvgIpc) is 3.03. The van der Waals surface area contributed by atoms with Gasteiger partial charge in [0.25, 0.3) is 0 Å². The molecule has 3 aromatic rings. The highest BCUT2D eigenvalue weighted by molar-refractivity contribution is 5.87. The van der Waals surface area contributed by atoms with Gasteiger partial charge in [-0.2, -0.15) is 0 Å². The molecule has 30 heavy (non-hydrogen) atoms. The van der Waals surface area contributed by atoms with Gasteiger partial charge in [0.2, 0.25) is 0 Å². The number of rotatable bonds is 7. The molecule has 1 aromatic heterocycles. The molecule has 1 aliphatic rings. The van der Waals surface area contributed by atoms with Crippen LogP contribution in [0.5, 0.6) is 0 Å². The van der Waals surface area contributed by atoms with Crippen LogP contribution in [0.15, 0.2) is 54.6 Å². The maximum atomic E-state index is 12.5. The number of esters is 1. The number of likely N-dealkylation sites (N-methyl/N-ethyl adjacent to an activating group) is 1. The molecule has 1 fully saturated rings. The average molecular weight is 408 g/mol. The van der Waals surface area contributed by atoms with E-state index in [-0.39, 0.29) is 5.97 Å². The maximum absolute atomic E-state index is 12.5. The molecule has 5 heteroatoms. The Morgan fingerprint density at radius 3 is 2.43 bits per heavy atom.